The molecule has 0 spiro atoms. The average molecular weight is 213 g/mol. The molecule has 1 heterocycles. The largest absolute Gasteiger partial charge is 0.261 e. The van der Waals surface area contributed by atoms with Crippen LogP contribution in [0.5, 0.6) is 0 Å². The normalized spacial score (nSPS) is 11.2. The van der Waals surface area contributed by atoms with E-state index in [1.165, 1.54) is 11.1 Å². The molecule has 0 unspecified atom stereocenters. The van der Waals surface area contributed by atoms with Gasteiger partial charge in [0.25, 0.3) is 0 Å². The SMILES string of the molecule is C=CC(=CC(=C)CC)Cc1ccc(C)nc1. The molecular weight excluding hydrogens is 194 g/mol. The zero-order valence-corrected chi connectivity index (χ0v) is 10.2. The van der Waals surface area contributed by atoms with E-state index in [4.69, 9.17) is 0 Å². The van der Waals surface area contributed by atoms with Crippen LogP contribution in [0.2, 0.25) is 0 Å². The summed E-state index contributed by atoms with van der Waals surface area (Å²) in [6, 6.07) is 4.14. The van der Waals surface area contributed by atoms with Gasteiger partial charge in [-0.05, 0) is 37.0 Å². The minimum absolute atomic E-state index is 0.871. The standard InChI is InChI=1S/C15H19N/c1-5-12(3)9-14(6-2)10-15-8-7-13(4)16-11-15/h6-9,11H,2-3,5,10H2,1,4H3. The monoisotopic (exact) mass is 213 g/mol. The number of allylic oxidation sites excluding steroid dienone is 4. The van der Waals surface area contributed by atoms with Crippen molar-refractivity contribution < 1.29 is 0 Å². The summed E-state index contributed by atoms with van der Waals surface area (Å²) in [5.74, 6) is 0. The van der Waals surface area contributed by atoms with E-state index in [2.05, 4.69) is 37.2 Å². The van der Waals surface area contributed by atoms with Gasteiger partial charge in [0.2, 0.25) is 0 Å². The summed E-state index contributed by atoms with van der Waals surface area (Å²) in [5.41, 5.74) is 4.58. The molecule has 0 bridgehead atoms. The van der Waals surface area contributed by atoms with Gasteiger partial charge in [0.05, 0.1) is 0 Å². The molecular formula is C15H19N. The number of aromatic nitrogens is 1. The summed E-state index contributed by atoms with van der Waals surface area (Å²) in [6.45, 7) is 11.9. The van der Waals surface area contributed by atoms with Crippen molar-refractivity contribution in [3.8, 4) is 0 Å². The maximum atomic E-state index is 4.28. The van der Waals surface area contributed by atoms with Gasteiger partial charge < -0.3 is 0 Å². The molecule has 0 saturated carbocycles. The van der Waals surface area contributed by atoms with Crippen LogP contribution in [0.1, 0.15) is 24.6 Å². The van der Waals surface area contributed by atoms with Crippen molar-refractivity contribution in [1.29, 1.82) is 0 Å². The van der Waals surface area contributed by atoms with E-state index in [1.807, 2.05) is 25.3 Å². The molecule has 16 heavy (non-hydrogen) atoms. The van der Waals surface area contributed by atoms with Crippen LogP contribution >= 0.6 is 0 Å². The van der Waals surface area contributed by atoms with Crippen molar-refractivity contribution >= 4 is 0 Å². The van der Waals surface area contributed by atoms with Crippen molar-refractivity contribution in [2.75, 3.05) is 0 Å². The smallest absolute Gasteiger partial charge is 0.0372 e. The van der Waals surface area contributed by atoms with Crippen molar-refractivity contribution in [1.82, 2.24) is 4.98 Å². The number of hydrogen-bond donors (Lipinski definition) is 0. The number of rotatable bonds is 5. The first-order valence-electron chi connectivity index (χ1n) is 5.58. The third-order valence-electron chi connectivity index (χ3n) is 2.49. The highest BCUT2D eigenvalue weighted by Gasteiger charge is 1.97. The lowest BCUT2D eigenvalue weighted by molar-refractivity contribution is 1.09. The summed E-state index contributed by atoms with van der Waals surface area (Å²) < 4.78 is 0. The molecule has 0 aliphatic carbocycles. The molecule has 0 aliphatic heterocycles. The molecule has 0 N–H and O–H groups in total. The second-order valence-electron chi connectivity index (χ2n) is 3.92. The Bertz CT molecular complexity index is 396. The predicted molar refractivity (Wildman–Crippen MR) is 70.4 cm³/mol. The number of pyridine rings is 1. The molecule has 1 rings (SSSR count). The molecule has 0 radical (unpaired) electrons. The maximum absolute atomic E-state index is 4.28. The zero-order valence-electron chi connectivity index (χ0n) is 10.2. The minimum atomic E-state index is 0.871. The lowest BCUT2D eigenvalue weighted by atomic mass is 10.0. The van der Waals surface area contributed by atoms with Crippen LogP contribution in [0.25, 0.3) is 0 Å². The molecule has 0 saturated heterocycles. The zero-order chi connectivity index (χ0) is 12.0. The van der Waals surface area contributed by atoms with E-state index in [0.29, 0.717) is 0 Å². The van der Waals surface area contributed by atoms with E-state index >= 15 is 0 Å². The molecule has 1 heteroatoms. The van der Waals surface area contributed by atoms with Crippen LogP contribution < -0.4 is 0 Å². The summed E-state index contributed by atoms with van der Waals surface area (Å²) in [6.07, 6.45) is 7.76. The molecule has 84 valence electrons. The van der Waals surface area contributed by atoms with Crippen molar-refractivity contribution in [2.45, 2.75) is 26.7 Å². The van der Waals surface area contributed by atoms with Crippen LogP contribution in [0.15, 0.2) is 54.8 Å². The first-order chi connectivity index (χ1) is 7.65. The first kappa shape index (κ1) is 12.4. The van der Waals surface area contributed by atoms with Gasteiger partial charge in [0.1, 0.15) is 0 Å². The second-order valence-corrected chi connectivity index (χ2v) is 3.92. The fourth-order valence-electron chi connectivity index (χ4n) is 1.39. The van der Waals surface area contributed by atoms with E-state index < -0.39 is 0 Å². The molecule has 0 amide bonds. The van der Waals surface area contributed by atoms with Gasteiger partial charge in [-0.25, -0.2) is 0 Å². The van der Waals surface area contributed by atoms with E-state index in [-0.39, 0.29) is 0 Å². The summed E-state index contributed by atoms with van der Waals surface area (Å²) in [7, 11) is 0. The first-order valence-corrected chi connectivity index (χ1v) is 5.58. The highest BCUT2D eigenvalue weighted by Crippen LogP contribution is 2.12. The Morgan fingerprint density at radius 1 is 1.44 bits per heavy atom. The Morgan fingerprint density at radius 3 is 2.69 bits per heavy atom. The lowest BCUT2D eigenvalue weighted by Gasteiger charge is -2.04. The van der Waals surface area contributed by atoms with Crippen LogP contribution in [-0.2, 0) is 6.42 Å². The maximum Gasteiger partial charge on any atom is 0.0372 e. The van der Waals surface area contributed by atoms with Gasteiger partial charge in [-0.15, -0.1) is 0 Å². The van der Waals surface area contributed by atoms with Crippen molar-refractivity contribution in [2.24, 2.45) is 0 Å². The lowest BCUT2D eigenvalue weighted by Crippen LogP contribution is -1.91. The molecule has 1 aromatic heterocycles. The average Bonchev–Trinajstić information content (AvgIpc) is 2.30. The summed E-state index contributed by atoms with van der Waals surface area (Å²) in [5, 5.41) is 0. The predicted octanol–water partition coefficient (Wildman–Crippen LogP) is 4.01. The van der Waals surface area contributed by atoms with Gasteiger partial charge in [0, 0.05) is 11.9 Å². The van der Waals surface area contributed by atoms with E-state index in [9.17, 15) is 0 Å². The quantitative estimate of drug-likeness (QED) is 0.673. The molecule has 0 fully saturated rings. The number of nitrogens with zero attached hydrogens (tertiary/aromatic N) is 1. The van der Waals surface area contributed by atoms with Crippen molar-refractivity contribution in [3.05, 3.63) is 66.0 Å². The Kier molecular flexibility index (Phi) is 4.71. The Labute approximate surface area is 98.2 Å². The Balaban J connectivity index is 2.78. The van der Waals surface area contributed by atoms with Crippen LogP contribution in [-0.4, -0.2) is 4.98 Å². The van der Waals surface area contributed by atoms with Crippen LogP contribution in [0, 0.1) is 6.92 Å². The molecule has 1 aromatic rings. The van der Waals surface area contributed by atoms with Crippen LogP contribution in [0.3, 0.4) is 0 Å². The topological polar surface area (TPSA) is 12.9 Å². The third kappa shape index (κ3) is 3.85. The fraction of sp³-hybridized carbons (Fsp3) is 0.267. The Morgan fingerprint density at radius 2 is 2.19 bits per heavy atom. The Hall–Kier alpha value is -1.63. The van der Waals surface area contributed by atoms with Gasteiger partial charge in [-0.2, -0.15) is 0 Å². The van der Waals surface area contributed by atoms with E-state index in [0.717, 1.165) is 24.1 Å². The highest BCUT2D eigenvalue weighted by atomic mass is 14.7. The van der Waals surface area contributed by atoms with E-state index in [1.54, 1.807) is 0 Å². The second kappa shape index (κ2) is 6.06. The minimum Gasteiger partial charge on any atom is -0.261 e. The number of aryl methyl sites for hydroxylation is 1. The highest BCUT2D eigenvalue weighted by molar-refractivity contribution is 5.32. The molecule has 0 aliphatic rings. The summed E-state index contributed by atoms with van der Waals surface area (Å²) >= 11 is 0. The fourth-order valence-corrected chi connectivity index (χ4v) is 1.39. The van der Waals surface area contributed by atoms with Gasteiger partial charge >= 0.3 is 0 Å². The van der Waals surface area contributed by atoms with Gasteiger partial charge in [-0.1, -0.05) is 43.9 Å². The van der Waals surface area contributed by atoms with Gasteiger partial charge in [-0.3, -0.25) is 4.98 Å². The summed E-state index contributed by atoms with van der Waals surface area (Å²) in [4.78, 5) is 4.28. The third-order valence-corrected chi connectivity index (χ3v) is 2.49. The van der Waals surface area contributed by atoms with Crippen molar-refractivity contribution in [3.63, 3.8) is 0 Å². The molecule has 1 nitrogen and oxygen atoms in total. The number of hydrogen-bond acceptors (Lipinski definition) is 1. The van der Waals surface area contributed by atoms with Gasteiger partial charge in [0.15, 0.2) is 0 Å². The van der Waals surface area contributed by atoms with Crippen LogP contribution in [0.4, 0.5) is 0 Å². The molecule has 0 aromatic carbocycles. The molecule has 0 atom stereocenters.